The monoisotopic (exact) mass is 299 g/mol. The predicted octanol–water partition coefficient (Wildman–Crippen LogP) is 4.28. The minimum atomic E-state index is -0.102. The minimum Gasteiger partial charge on any atom is -0.326 e. The molecule has 0 N–H and O–H groups in total. The summed E-state index contributed by atoms with van der Waals surface area (Å²) in [5.74, 6) is 0.936. The largest absolute Gasteiger partial charge is 0.326 e. The summed E-state index contributed by atoms with van der Waals surface area (Å²) in [7, 11) is 0. The number of imidazole rings is 1. The maximum absolute atomic E-state index is 6.31. The fourth-order valence-corrected chi connectivity index (χ4v) is 2.75. The third-order valence-corrected chi connectivity index (χ3v) is 3.86. The molecular formula is C17H18ClN3. The quantitative estimate of drug-likeness (QED) is 0.673. The number of benzene rings is 1. The van der Waals surface area contributed by atoms with Crippen molar-refractivity contribution in [1.82, 2.24) is 14.5 Å². The number of hydrogen-bond acceptors (Lipinski definition) is 2. The highest BCUT2D eigenvalue weighted by atomic mass is 35.5. The fraction of sp³-hybridized carbons (Fsp3) is 0.294. The highest BCUT2D eigenvalue weighted by Crippen LogP contribution is 2.25. The van der Waals surface area contributed by atoms with Crippen molar-refractivity contribution in [3.8, 4) is 0 Å². The standard InChI is InChI=1S/C17H18ClN3/c1-12-3-4-16-15(11-12)20-17(13(2)18)21(16)10-7-14-5-8-19-9-6-14/h3-6,8-9,11,13H,7,10H2,1-2H3. The van der Waals surface area contributed by atoms with Crippen molar-refractivity contribution < 1.29 is 0 Å². The number of aromatic nitrogens is 3. The van der Waals surface area contributed by atoms with Gasteiger partial charge in [0.05, 0.1) is 16.4 Å². The van der Waals surface area contributed by atoms with Crippen LogP contribution in [-0.2, 0) is 13.0 Å². The van der Waals surface area contributed by atoms with Gasteiger partial charge in [0.1, 0.15) is 5.82 Å². The van der Waals surface area contributed by atoms with Crippen LogP contribution in [0.1, 0.15) is 29.3 Å². The summed E-state index contributed by atoms with van der Waals surface area (Å²) in [5.41, 5.74) is 4.66. The molecule has 0 amide bonds. The molecule has 0 spiro atoms. The van der Waals surface area contributed by atoms with Gasteiger partial charge in [0.2, 0.25) is 0 Å². The van der Waals surface area contributed by atoms with Crippen molar-refractivity contribution in [3.63, 3.8) is 0 Å². The normalized spacial score (nSPS) is 12.7. The Morgan fingerprint density at radius 3 is 2.67 bits per heavy atom. The number of fused-ring (bicyclic) bond motifs is 1. The third-order valence-electron chi connectivity index (χ3n) is 3.66. The predicted molar refractivity (Wildman–Crippen MR) is 86.7 cm³/mol. The molecule has 3 rings (SSSR count). The molecule has 2 heterocycles. The van der Waals surface area contributed by atoms with Gasteiger partial charge in [-0.15, -0.1) is 11.6 Å². The van der Waals surface area contributed by atoms with Crippen LogP contribution in [0.15, 0.2) is 42.7 Å². The van der Waals surface area contributed by atoms with Crippen molar-refractivity contribution in [3.05, 3.63) is 59.7 Å². The molecule has 0 aliphatic rings. The van der Waals surface area contributed by atoms with Crippen molar-refractivity contribution >= 4 is 22.6 Å². The molecule has 1 atom stereocenters. The molecule has 0 saturated carbocycles. The number of rotatable bonds is 4. The molecule has 0 fully saturated rings. The van der Waals surface area contributed by atoms with Gasteiger partial charge in [-0.25, -0.2) is 4.98 Å². The van der Waals surface area contributed by atoms with Crippen molar-refractivity contribution in [1.29, 1.82) is 0 Å². The Labute approximate surface area is 129 Å². The van der Waals surface area contributed by atoms with E-state index in [0.717, 1.165) is 29.8 Å². The second kappa shape index (κ2) is 5.86. The number of aryl methyl sites for hydroxylation is 3. The Balaban J connectivity index is 1.97. The van der Waals surface area contributed by atoms with Crippen LogP contribution in [0.3, 0.4) is 0 Å². The Bertz CT molecular complexity index is 747. The molecule has 3 nitrogen and oxygen atoms in total. The van der Waals surface area contributed by atoms with Crippen LogP contribution in [0.2, 0.25) is 0 Å². The van der Waals surface area contributed by atoms with Crippen LogP contribution < -0.4 is 0 Å². The Morgan fingerprint density at radius 2 is 1.95 bits per heavy atom. The number of hydrogen-bond donors (Lipinski definition) is 0. The first-order chi connectivity index (χ1) is 10.1. The van der Waals surface area contributed by atoms with Gasteiger partial charge in [-0.2, -0.15) is 0 Å². The van der Waals surface area contributed by atoms with E-state index in [1.807, 2.05) is 31.5 Å². The molecule has 0 aliphatic heterocycles. The van der Waals surface area contributed by atoms with Gasteiger partial charge >= 0.3 is 0 Å². The van der Waals surface area contributed by atoms with E-state index in [-0.39, 0.29) is 5.38 Å². The van der Waals surface area contributed by atoms with Crippen LogP contribution in [0, 0.1) is 6.92 Å². The molecule has 0 radical (unpaired) electrons. The summed E-state index contributed by atoms with van der Waals surface area (Å²) < 4.78 is 2.23. The molecular weight excluding hydrogens is 282 g/mol. The molecule has 2 aromatic heterocycles. The summed E-state index contributed by atoms with van der Waals surface area (Å²) in [5, 5.41) is -0.102. The Hall–Kier alpha value is -1.87. The van der Waals surface area contributed by atoms with E-state index in [2.05, 4.69) is 34.7 Å². The second-order valence-corrected chi connectivity index (χ2v) is 5.99. The van der Waals surface area contributed by atoms with Crippen molar-refractivity contribution in [2.24, 2.45) is 0 Å². The second-order valence-electron chi connectivity index (χ2n) is 5.34. The maximum atomic E-state index is 6.31. The fourth-order valence-electron chi connectivity index (χ4n) is 2.59. The lowest BCUT2D eigenvalue weighted by atomic mass is 10.2. The number of pyridine rings is 1. The Kier molecular flexibility index (Phi) is 3.93. The summed E-state index contributed by atoms with van der Waals surface area (Å²) in [6.45, 7) is 4.92. The van der Waals surface area contributed by atoms with Crippen molar-refractivity contribution in [2.45, 2.75) is 32.2 Å². The highest BCUT2D eigenvalue weighted by molar-refractivity contribution is 6.20. The van der Waals surface area contributed by atoms with Gasteiger partial charge in [-0.05, 0) is 55.7 Å². The maximum Gasteiger partial charge on any atom is 0.127 e. The molecule has 0 aliphatic carbocycles. The zero-order chi connectivity index (χ0) is 14.8. The summed E-state index contributed by atoms with van der Waals surface area (Å²) in [4.78, 5) is 8.76. The molecule has 3 aromatic rings. The van der Waals surface area contributed by atoms with Crippen LogP contribution in [-0.4, -0.2) is 14.5 Å². The van der Waals surface area contributed by atoms with Gasteiger partial charge in [-0.1, -0.05) is 6.07 Å². The average molecular weight is 300 g/mol. The van der Waals surface area contributed by atoms with E-state index in [1.165, 1.54) is 11.1 Å². The van der Waals surface area contributed by atoms with E-state index in [9.17, 15) is 0 Å². The van der Waals surface area contributed by atoms with Crippen LogP contribution in [0.4, 0.5) is 0 Å². The number of halogens is 1. The van der Waals surface area contributed by atoms with E-state index < -0.39 is 0 Å². The highest BCUT2D eigenvalue weighted by Gasteiger charge is 2.14. The SMILES string of the molecule is Cc1ccc2c(c1)nc(C(C)Cl)n2CCc1ccncc1. The smallest absolute Gasteiger partial charge is 0.127 e. The molecule has 4 heteroatoms. The first-order valence-electron chi connectivity index (χ1n) is 7.15. The van der Waals surface area contributed by atoms with Gasteiger partial charge in [0.15, 0.2) is 0 Å². The molecule has 1 aromatic carbocycles. The molecule has 0 bridgehead atoms. The lowest BCUT2D eigenvalue weighted by Crippen LogP contribution is -2.07. The summed E-state index contributed by atoms with van der Waals surface area (Å²) in [6.07, 6.45) is 4.60. The number of nitrogens with zero attached hydrogens (tertiary/aromatic N) is 3. The van der Waals surface area contributed by atoms with E-state index in [4.69, 9.17) is 16.6 Å². The molecule has 0 saturated heterocycles. The summed E-state index contributed by atoms with van der Waals surface area (Å²) in [6, 6.07) is 10.5. The van der Waals surface area contributed by atoms with Gasteiger partial charge < -0.3 is 4.57 Å². The van der Waals surface area contributed by atoms with E-state index >= 15 is 0 Å². The van der Waals surface area contributed by atoms with Gasteiger partial charge in [0, 0.05) is 18.9 Å². The van der Waals surface area contributed by atoms with Crippen LogP contribution >= 0.6 is 11.6 Å². The lowest BCUT2D eigenvalue weighted by Gasteiger charge is -2.10. The zero-order valence-corrected chi connectivity index (χ0v) is 13.0. The van der Waals surface area contributed by atoms with E-state index in [1.54, 1.807) is 0 Å². The van der Waals surface area contributed by atoms with Crippen molar-refractivity contribution in [2.75, 3.05) is 0 Å². The first-order valence-corrected chi connectivity index (χ1v) is 7.58. The first kappa shape index (κ1) is 14.1. The number of alkyl halides is 1. The Morgan fingerprint density at radius 1 is 1.19 bits per heavy atom. The lowest BCUT2D eigenvalue weighted by molar-refractivity contribution is 0.668. The van der Waals surface area contributed by atoms with Crippen LogP contribution in [0.5, 0.6) is 0 Å². The van der Waals surface area contributed by atoms with Gasteiger partial charge in [0.25, 0.3) is 0 Å². The minimum absolute atomic E-state index is 0.102. The third kappa shape index (κ3) is 2.93. The molecule has 21 heavy (non-hydrogen) atoms. The van der Waals surface area contributed by atoms with E-state index in [0.29, 0.717) is 0 Å². The van der Waals surface area contributed by atoms with Crippen LogP contribution in [0.25, 0.3) is 11.0 Å². The summed E-state index contributed by atoms with van der Waals surface area (Å²) >= 11 is 6.31. The average Bonchev–Trinajstić information content (AvgIpc) is 2.84. The molecule has 108 valence electrons. The van der Waals surface area contributed by atoms with Gasteiger partial charge in [-0.3, -0.25) is 4.98 Å². The molecule has 1 unspecified atom stereocenters. The zero-order valence-electron chi connectivity index (χ0n) is 12.3. The topological polar surface area (TPSA) is 30.7 Å².